The van der Waals surface area contributed by atoms with Gasteiger partial charge in [-0.05, 0) is 32.2 Å². The summed E-state index contributed by atoms with van der Waals surface area (Å²) < 4.78 is 0. The lowest BCUT2D eigenvalue weighted by Crippen LogP contribution is -2.26. The quantitative estimate of drug-likeness (QED) is 0.550. The summed E-state index contributed by atoms with van der Waals surface area (Å²) in [6, 6.07) is 0.856. The smallest absolute Gasteiger partial charge is 0.00670 e. The van der Waals surface area contributed by atoms with Crippen molar-refractivity contribution in [1.82, 2.24) is 5.32 Å². The van der Waals surface area contributed by atoms with Crippen molar-refractivity contribution < 1.29 is 0 Å². The molecular weight excluding hydrogens is 214 g/mol. The molecule has 0 bridgehead atoms. The van der Waals surface area contributed by atoms with E-state index in [-0.39, 0.29) is 0 Å². The van der Waals surface area contributed by atoms with Gasteiger partial charge in [-0.3, -0.25) is 0 Å². The van der Waals surface area contributed by atoms with Crippen LogP contribution >= 0.6 is 15.9 Å². The first kappa shape index (κ1) is 10.5. The number of unbranched alkanes of at least 4 members (excludes halogenated alkanes) is 2. The third-order valence-corrected chi connectivity index (χ3v) is 3.16. The zero-order chi connectivity index (χ0) is 8.65. The minimum Gasteiger partial charge on any atom is -0.314 e. The highest BCUT2D eigenvalue weighted by molar-refractivity contribution is 9.09. The second-order valence-electron chi connectivity index (χ2n) is 3.69. The number of hydrogen-bond donors (Lipinski definition) is 1. The SMILES string of the molecule is BrCCCCCNC1CCCC1. The first-order chi connectivity index (χ1) is 5.93. The molecule has 2 heteroatoms. The minimum atomic E-state index is 0.856. The van der Waals surface area contributed by atoms with Gasteiger partial charge in [0.05, 0.1) is 0 Å². The van der Waals surface area contributed by atoms with Gasteiger partial charge in [0.2, 0.25) is 0 Å². The van der Waals surface area contributed by atoms with Crippen molar-refractivity contribution in [3.8, 4) is 0 Å². The summed E-state index contributed by atoms with van der Waals surface area (Å²) >= 11 is 3.45. The van der Waals surface area contributed by atoms with Crippen LogP contribution < -0.4 is 5.32 Å². The second-order valence-corrected chi connectivity index (χ2v) is 4.48. The molecule has 0 unspecified atom stereocenters. The zero-order valence-electron chi connectivity index (χ0n) is 7.82. The number of halogens is 1. The van der Waals surface area contributed by atoms with E-state index in [9.17, 15) is 0 Å². The predicted molar refractivity (Wildman–Crippen MR) is 57.9 cm³/mol. The van der Waals surface area contributed by atoms with Crippen molar-refractivity contribution in [3.05, 3.63) is 0 Å². The summed E-state index contributed by atoms with van der Waals surface area (Å²) in [5.41, 5.74) is 0. The van der Waals surface area contributed by atoms with Crippen LogP contribution in [0.15, 0.2) is 0 Å². The van der Waals surface area contributed by atoms with E-state index in [1.54, 1.807) is 0 Å². The fraction of sp³-hybridized carbons (Fsp3) is 1.00. The molecule has 0 aromatic heterocycles. The molecular formula is C10H20BrN. The van der Waals surface area contributed by atoms with E-state index in [1.165, 1.54) is 51.5 Å². The lowest BCUT2D eigenvalue weighted by molar-refractivity contribution is 0.507. The van der Waals surface area contributed by atoms with Gasteiger partial charge in [0.15, 0.2) is 0 Å². The van der Waals surface area contributed by atoms with Crippen molar-refractivity contribution >= 4 is 15.9 Å². The Morgan fingerprint density at radius 3 is 2.50 bits per heavy atom. The van der Waals surface area contributed by atoms with E-state index in [1.807, 2.05) is 0 Å². The molecule has 1 nitrogen and oxygen atoms in total. The molecule has 1 aliphatic carbocycles. The van der Waals surface area contributed by atoms with Crippen LogP contribution in [-0.4, -0.2) is 17.9 Å². The van der Waals surface area contributed by atoms with Crippen molar-refractivity contribution in [2.45, 2.75) is 51.0 Å². The van der Waals surface area contributed by atoms with Crippen LogP contribution in [0.1, 0.15) is 44.9 Å². The fourth-order valence-electron chi connectivity index (χ4n) is 1.83. The highest BCUT2D eigenvalue weighted by Crippen LogP contribution is 2.17. The average molecular weight is 234 g/mol. The van der Waals surface area contributed by atoms with Crippen molar-refractivity contribution in [2.75, 3.05) is 11.9 Å². The van der Waals surface area contributed by atoms with Gasteiger partial charge < -0.3 is 5.32 Å². The molecule has 0 spiro atoms. The Labute approximate surface area is 84.4 Å². The molecule has 0 amide bonds. The first-order valence-corrected chi connectivity index (χ1v) is 6.35. The van der Waals surface area contributed by atoms with E-state index >= 15 is 0 Å². The van der Waals surface area contributed by atoms with Crippen molar-refractivity contribution in [2.24, 2.45) is 0 Å². The molecule has 72 valence electrons. The Morgan fingerprint density at radius 2 is 1.83 bits per heavy atom. The molecule has 1 saturated carbocycles. The Hall–Kier alpha value is 0.440. The maximum absolute atomic E-state index is 3.63. The van der Waals surface area contributed by atoms with E-state index in [0.29, 0.717) is 0 Å². The molecule has 1 fully saturated rings. The van der Waals surface area contributed by atoms with Crippen LogP contribution in [-0.2, 0) is 0 Å². The molecule has 0 aromatic rings. The van der Waals surface area contributed by atoms with Crippen LogP contribution in [0.5, 0.6) is 0 Å². The highest BCUT2D eigenvalue weighted by Gasteiger charge is 2.12. The summed E-state index contributed by atoms with van der Waals surface area (Å²) in [4.78, 5) is 0. The largest absolute Gasteiger partial charge is 0.314 e. The third-order valence-electron chi connectivity index (χ3n) is 2.60. The lowest BCUT2D eigenvalue weighted by atomic mass is 10.2. The van der Waals surface area contributed by atoms with Crippen LogP contribution in [0.2, 0.25) is 0 Å². The van der Waals surface area contributed by atoms with E-state index < -0.39 is 0 Å². The van der Waals surface area contributed by atoms with Gasteiger partial charge in [-0.25, -0.2) is 0 Å². The van der Waals surface area contributed by atoms with E-state index in [2.05, 4.69) is 21.2 Å². The number of rotatable bonds is 6. The molecule has 0 atom stereocenters. The standard InChI is InChI=1S/C10H20BrN/c11-8-4-1-5-9-12-10-6-2-3-7-10/h10,12H,1-9H2. The molecule has 12 heavy (non-hydrogen) atoms. The average Bonchev–Trinajstić information content (AvgIpc) is 2.57. The Morgan fingerprint density at radius 1 is 1.08 bits per heavy atom. The molecule has 1 N–H and O–H groups in total. The number of alkyl halides is 1. The van der Waals surface area contributed by atoms with E-state index in [0.717, 1.165) is 11.4 Å². The van der Waals surface area contributed by atoms with Crippen molar-refractivity contribution in [3.63, 3.8) is 0 Å². The zero-order valence-corrected chi connectivity index (χ0v) is 9.41. The lowest BCUT2D eigenvalue weighted by Gasteiger charge is -2.10. The molecule has 1 rings (SSSR count). The monoisotopic (exact) mass is 233 g/mol. The van der Waals surface area contributed by atoms with Gasteiger partial charge in [0, 0.05) is 11.4 Å². The Kier molecular flexibility index (Phi) is 6.05. The number of nitrogens with one attached hydrogen (secondary N) is 1. The molecule has 0 aromatic carbocycles. The topological polar surface area (TPSA) is 12.0 Å². The normalized spacial score (nSPS) is 18.8. The third kappa shape index (κ3) is 4.46. The van der Waals surface area contributed by atoms with Crippen LogP contribution in [0.3, 0.4) is 0 Å². The Bertz CT molecular complexity index is 100. The van der Waals surface area contributed by atoms with Crippen LogP contribution in [0.4, 0.5) is 0 Å². The van der Waals surface area contributed by atoms with Gasteiger partial charge in [0.25, 0.3) is 0 Å². The maximum Gasteiger partial charge on any atom is 0.00670 e. The second kappa shape index (κ2) is 6.90. The van der Waals surface area contributed by atoms with Crippen LogP contribution in [0.25, 0.3) is 0 Å². The molecule has 0 aliphatic heterocycles. The first-order valence-electron chi connectivity index (χ1n) is 5.23. The summed E-state index contributed by atoms with van der Waals surface area (Å²) in [7, 11) is 0. The number of hydrogen-bond acceptors (Lipinski definition) is 1. The van der Waals surface area contributed by atoms with Gasteiger partial charge in [-0.15, -0.1) is 0 Å². The summed E-state index contributed by atoms with van der Waals surface area (Å²) in [6.45, 7) is 1.23. The predicted octanol–water partition coefficient (Wildman–Crippen LogP) is 3.08. The molecule has 0 radical (unpaired) electrons. The van der Waals surface area contributed by atoms with Gasteiger partial charge in [-0.2, -0.15) is 0 Å². The molecule has 1 aliphatic rings. The minimum absolute atomic E-state index is 0.856. The van der Waals surface area contributed by atoms with Gasteiger partial charge in [-0.1, -0.05) is 35.2 Å². The highest BCUT2D eigenvalue weighted by atomic mass is 79.9. The van der Waals surface area contributed by atoms with Gasteiger partial charge in [0.1, 0.15) is 0 Å². The van der Waals surface area contributed by atoms with Crippen LogP contribution in [0, 0.1) is 0 Å². The van der Waals surface area contributed by atoms with E-state index in [4.69, 9.17) is 0 Å². The summed E-state index contributed by atoms with van der Waals surface area (Å²) in [5, 5.41) is 4.79. The molecule has 0 heterocycles. The Balaban J connectivity index is 1.81. The summed E-state index contributed by atoms with van der Waals surface area (Å²) in [6.07, 6.45) is 9.76. The fourth-order valence-corrected chi connectivity index (χ4v) is 2.23. The van der Waals surface area contributed by atoms with Crippen molar-refractivity contribution in [1.29, 1.82) is 0 Å². The summed E-state index contributed by atoms with van der Waals surface area (Å²) in [5.74, 6) is 0. The van der Waals surface area contributed by atoms with Gasteiger partial charge >= 0.3 is 0 Å². The molecule has 0 saturated heterocycles. The maximum atomic E-state index is 3.63.